The number of hydrogen-bond acceptors (Lipinski definition) is 1. The Bertz CT molecular complexity index is 534. The number of aliphatic hydroxyl groups excluding tert-OH is 1. The van der Waals surface area contributed by atoms with Crippen molar-refractivity contribution in [3.05, 3.63) is 69.2 Å². The molecule has 2 rings (SSSR count). The van der Waals surface area contributed by atoms with Crippen molar-refractivity contribution in [1.82, 2.24) is 0 Å². The van der Waals surface area contributed by atoms with Gasteiger partial charge in [0.25, 0.3) is 0 Å². The molecule has 0 bridgehead atoms. The molecule has 0 saturated carbocycles. The van der Waals surface area contributed by atoms with Crippen molar-refractivity contribution in [2.75, 3.05) is 0 Å². The van der Waals surface area contributed by atoms with Crippen molar-refractivity contribution >= 4 is 15.9 Å². The average molecular weight is 291 g/mol. The van der Waals surface area contributed by atoms with Gasteiger partial charge in [-0.1, -0.05) is 51.8 Å². The van der Waals surface area contributed by atoms with Crippen LogP contribution in [0.4, 0.5) is 0 Å². The van der Waals surface area contributed by atoms with Crippen LogP contribution in [0.5, 0.6) is 0 Å². The lowest BCUT2D eigenvalue weighted by Crippen LogP contribution is -2.02. The fourth-order valence-electron chi connectivity index (χ4n) is 1.93. The lowest BCUT2D eigenvalue weighted by atomic mass is 9.97. The van der Waals surface area contributed by atoms with E-state index in [0.29, 0.717) is 0 Å². The second-order valence-electron chi connectivity index (χ2n) is 4.32. The summed E-state index contributed by atoms with van der Waals surface area (Å²) in [6.45, 7) is 4.05. The lowest BCUT2D eigenvalue weighted by Gasteiger charge is -2.15. The van der Waals surface area contributed by atoms with Gasteiger partial charge in [0.1, 0.15) is 6.10 Å². The van der Waals surface area contributed by atoms with Crippen molar-refractivity contribution in [2.24, 2.45) is 0 Å². The third-order valence-corrected chi connectivity index (χ3v) is 3.39. The lowest BCUT2D eigenvalue weighted by molar-refractivity contribution is 0.219. The molecule has 0 amide bonds. The first-order valence-corrected chi connectivity index (χ1v) is 6.38. The Morgan fingerprint density at radius 3 is 2.53 bits per heavy atom. The summed E-state index contributed by atoms with van der Waals surface area (Å²) in [5.74, 6) is 0. The minimum Gasteiger partial charge on any atom is -0.384 e. The Balaban J connectivity index is 2.43. The molecule has 0 aliphatic carbocycles. The molecule has 2 aromatic carbocycles. The van der Waals surface area contributed by atoms with Crippen LogP contribution in [0.1, 0.15) is 28.4 Å². The highest BCUT2D eigenvalue weighted by atomic mass is 79.9. The van der Waals surface area contributed by atoms with Gasteiger partial charge < -0.3 is 5.11 Å². The van der Waals surface area contributed by atoms with E-state index >= 15 is 0 Å². The van der Waals surface area contributed by atoms with Gasteiger partial charge in [0.2, 0.25) is 0 Å². The van der Waals surface area contributed by atoms with E-state index in [1.165, 1.54) is 0 Å². The standard InChI is InChI=1S/C15H15BrO/c1-10-4-3-5-12(8-10)15(17)14-9-13(16)7-6-11(14)2/h3-9,15,17H,1-2H3. The van der Waals surface area contributed by atoms with Crippen LogP contribution < -0.4 is 0 Å². The summed E-state index contributed by atoms with van der Waals surface area (Å²) >= 11 is 3.44. The quantitative estimate of drug-likeness (QED) is 0.881. The number of aliphatic hydroxyl groups is 1. The second-order valence-corrected chi connectivity index (χ2v) is 5.23. The summed E-state index contributed by atoms with van der Waals surface area (Å²) in [4.78, 5) is 0. The molecule has 1 unspecified atom stereocenters. The van der Waals surface area contributed by atoms with Gasteiger partial charge in [-0.05, 0) is 42.7 Å². The van der Waals surface area contributed by atoms with Crippen molar-refractivity contribution in [3.63, 3.8) is 0 Å². The zero-order chi connectivity index (χ0) is 12.4. The van der Waals surface area contributed by atoms with Crippen LogP contribution in [-0.2, 0) is 0 Å². The summed E-state index contributed by atoms with van der Waals surface area (Å²) in [5, 5.41) is 10.4. The van der Waals surface area contributed by atoms with E-state index in [-0.39, 0.29) is 0 Å². The second kappa shape index (κ2) is 5.03. The number of halogens is 1. The van der Waals surface area contributed by atoms with Gasteiger partial charge in [0.05, 0.1) is 0 Å². The van der Waals surface area contributed by atoms with Crippen LogP contribution in [0.3, 0.4) is 0 Å². The van der Waals surface area contributed by atoms with Gasteiger partial charge in [0.15, 0.2) is 0 Å². The first-order valence-electron chi connectivity index (χ1n) is 5.58. The molecule has 2 aromatic rings. The van der Waals surface area contributed by atoms with E-state index in [1.807, 2.05) is 56.3 Å². The fraction of sp³-hybridized carbons (Fsp3) is 0.200. The van der Waals surface area contributed by atoms with Crippen molar-refractivity contribution in [3.8, 4) is 0 Å². The normalized spacial score (nSPS) is 12.5. The average Bonchev–Trinajstić information content (AvgIpc) is 2.31. The zero-order valence-electron chi connectivity index (χ0n) is 9.94. The Morgan fingerprint density at radius 2 is 1.82 bits per heavy atom. The third kappa shape index (κ3) is 2.76. The summed E-state index contributed by atoms with van der Waals surface area (Å²) in [6, 6.07) is 14.0. The smallest absolute Gasteiger partial charge is 0.104 e. The Morgan fingerprint density at radius 1 is 1.06 bits per heavy atom. The third-order valence-electron chi connectivity index (χ3n) is 2.89. The minimum atomic E-state index is -0.563. The number of hydrogen-bond donors (Lipinski definition) is 1. The Kier molecular flexibility index (Phi) is 3.65. The van der Waals surface area contributed by atoms with E-state index in [9.17, 15) is 5.11 Å². The maximum atomic E-state index is 10.4. The van der Waals surface area contributed by atoms with Crippen molar-refractivity contribution < 1.29 is 5.11 Å². The number of rotatable bonds is 2. The summed E-state index contributed by atoms with van der Waals surface area (Å²) < 4.78 is 0.991. The molecule has 0 heterocycles. The molecular formula is C15H15BrO. The van der Waals surface area contributed by atoms with Gasteiger partial charge in [-0.25, -0.2) is 0 Å². The van der Waals surface area contributed by atoms with Gasteiger partial charge in [-0.15, -0.1) is 0 Å². The molecule has 0 spiro atoms. The van der Waals surface area contributed by atoms with E-state index in [4.69, 9.17) is 0 Å². The van der Waals surface area contributed by atoms with Crippen LogP contribution in [0.2, 0.25) is 0 Å². The molecular weight excluding hydrogens is 276 g/mol. The summed E-state index contributed by atoms with van der Waals surface area (Å²) in [5.41, 5.74) is 4.15. The van der Waals surface area contributed by atoms with Crippen LogP contribution >= 0.6 is 15.9 Å². The highest BCUT2D eigenvalue weighted by Gasteiger charge is 2.13. The maximum absolute atomic E-state index is 10.4. The van der Waals surface area contributed by atoms with Crippen molar-refractivity contribution in [1.29, 1.82) is 0 Å². The summed E-state index contributed by atoms with van der Waals surface area (Å²) in [6.07, 6.45) is -0.563. The minimum absolute atomic E-state index is 0.563. The molecule has 0 radical (unpaired) electrons. The fourth-order valence-corrected chi connectivity index (χ4v) is 2.30. The highest BCUT2D eigenvalue weighted by molar-refractivity contribution is 9.10. The summed E-state index contributed by atoms with van der Waals surface area (Å²) in [7, 11) is 0. The number of benzene rings is 2. The van der Waals surface area contributed by atoms with Crippen LogP contribution in [0.15, 0.2) is 46.9 Å². The molecule has 88 valence electrons. The molecule has 2 heteroatoms. The predicted octanol–water partition coefficient (Wildman–Crippen LogP) is 4.15. The molecule has 0 saturated heterocycles. The van der Waals surface area contributed by atoms with E-state index < -0.39 is 6.10 Å². The van der Waals surface area contributed by atoms with Gasteiger partial charge in [-0.3, -0.25) is 0 Å². The van der Waals surface area contributed by atoms with E-state index in [1.54, 1.807) is 0 Å². The van der Waals surface area contributed by atoms with Crippen LogP contribution in [0, 0.1) is 13.8 Å². The monoisotopic (exact) mass is 290 g/mol. The molecule has 1 nitrogen and oxygen atoms in total. The number of aryl methyl sites for hydroxylation is 2. The predicted molar refractivity (Wildman–Crippen MR) is 74.1 cm³/mol. The Hall–Kier alpha value is -1.12. The Labute approximate surface area is 110 Å². The SMILES string of the molecule is Cc1cccc(C(O)c2cc(Br)ccc2C)c1. The first kappa shape index (κ1) is 12.3. The maximum Gasteiger partial charge on any atom is 0.104 e. The van der Waals surface area contributed by atoms with Gasteiger partial charge in [0, 0.05) is 4.47 Å². The highest BCUT2D eigenvalue weighted by Crippen LogP contribution is 2.27. The topological polar surface area (TPSA) is 20.2 Å². The van der Waals surface area contributed by atoms with Gasteiger partial charge in [-0.2, -0.15) is 0 Å². The zero-order valence-corrected chi connectivity index (χ0v) is 11.5. The molecule has 17 heavy (non-hydrogen) atoms. The van der Waals surface area contributed by atoms with Crippen molar-refractivity contribution in [2.45, 2.75) is 20.0 Å². The van der Waals surface area contributed by atoms with E-state index in [2.05, 4.69) is 15.9 Å². The van der Waals surface area contributed by atoms with E-state index in [0.717, 1.165) is 26.7 Å². The molecule has 1 N–H and O–H groups in total. The van der Waals surface area contributed by atoms with Gasteiger partial charge >= 0.3 is 0 Å². The van der Waals surface area contributed by atoms with Crippen LogP contribution in [0.25, 0.3) is 0 Å². The molecule has 0 aromatic heterocycles. The molecule has 0 aliphatic heterocycles. The van der Waals surface area contributed by atoms with Crippen LogP contribution in [-0.4, -0.2) is 5.11 Å². The largest absolute Gasteiger partial charge is 0.384 e. The molecule has 0 fully saturated rings. The molecule has 1 atom stereocenters. The molecule has 0 aliphatic rings. The first-order chi connectivity index (χ1) is 8.08.